The monoisotopic (exact) mass is 531 g/mol. The van der Waals surface area contributed by atoms with Gasteiger partial charge < -0.3 is 10.1 Å². The van der Waals surface area contributed by atoms with Gasteiger partial charge in [-0.1, -0.05) is 0 Å². The molecule has 16 heteroatoms. The maximum Gasteiger partial charge on any atom is 0.450 e. The number of amides is 1. The molecular formula is C21H9F8N5O3. The summed E-state index contributed by atoms with van der Waals surface area (Å²) in [5.41, 5.74) is -0.648. The molecule has 2 aromatic carbocycles. The zero-order valence-electron chi connectivity index (χ0n) is 17.7. The average molecular weight is 531 g/mol. The zero-order chi connectivity index (χ0) is 27.1. The van der Waals surface area contributed by atoms with E-state index in [4.69, 9.17) is 4.74 Å². The molecule has 37 heavy (non-hydrogen) atoms. The Morgan fingerprint density at radius 3 is 2.24 bits per heavy atom. The number of ketones is 1. The lowest BCUT2D eigenvalue weighted by Crippen LogP contribution is -2.28. The van der Waals surface area contributed by atoms with E-state index in [2.05, 4.69) is 20.2 Å². The Morgan fingerprint density at radius 2 is 1.62 bits per heavy atom. The van der Waals surface area contributed by atoms with Crippen LogP contribution in [0.1, 0.15) is 6.42 Å². The third-order valence-electron chi connectivity index (χ3n) is 4.75. The number of Topliss-reactive ketones (excluding diaryl/α,β-unsaturated/α-hetero) is 1. The molecule has 0 unspecified atom stereocenters. The first-order valence-electron chi connectivity index (χ1n) is 9.76. The lowest BCUT2D eigenvalue weighted by Gasteiger charge is -2.11. The summed E-state index contributed by atoms with van der Waals surface area (Å²) in [7, 11) is 0. The van der Waals surface area contributed by atoms with E-state index in [1.807, 2.05) is 5.32 Å². The van der Waals surface area contributed by atoms with Gasteiger partial charge in [0.05, 0.1) is 17.5 Å². The number of H-pyrrole nitrogens is 1. The number of nitrogens with zero attached hydrogens (tertiary/aromatic N) is 3. The first-order valence-corrected chi connectivity index (χ1v) is 9.76. The summed E-state index contributed by atoms with van der Waals surface area (Å²) < 4.78 is 112. The number of carbonyl (C=O) groups excluding carboxylic acids is 2. The van der Waals surface area contributed by atoms with Gasteiger partial charge in [-0.05, 0) is 12.1 Å². The molecule has 2 aromatic heterocycles. The minimum absolute atomic E-state index is 0.0397. The van der Waals surface area contributed by atoms with Gasteiger partial charge in [0.25, 0.3) is 0 Å². The number of aromatic nitrogens is 4. The van der Waals surface area contributed by atoms with Crippen molar-refractivity contribution < 1.29 is 49.4 Å². The molecule has 4 aromatic rings. The highest BCUT2D eigenvalue weighted by molar-refractivity contribution is 6.10. The molecular weight excluding hydrogens is 522 g/mol. The maximum atomic E-state index is 14.9. The molecule has 0 aliphatic heterocycles. The number of hydrogen-bond acceptors (Lipinski definition) is 6. The van der Waals surface area contributed by atoms with E-state index in [1.54, 1.807) is 0 Å². The van der Waals surface area contributed by atoms with Crippen molar-refractivity contribution in [2.45, 2.75) is 12.6 Å². The molecule has 0 saturated carbocycles. The SMILES string of the molecule is O=C(CC(=O)C(F)(F)F)Nc1ncnc2n[nH]c(-c3ccc(Oc4c(F)c(F)cc(F)c4F)cc3F)c12. The summed E-state index contributed by atoms with van der Waals surface area (Å²) in [5, 5.41) is 8.02. The van der Waals surface area contributed by atoms with Crippen LogP contribution in [0.5, 0.6) is 11.5 Å². The number of benzene rings is 2. The molecule has 192 valence electrons. The average Bonchev–Trinajstić information content (AvgIpc) is 3.25. The first kappa shape index (κ1) is 25.5. The van der Waals surface area contributed by atoms with Crippen LogP contribution in [-0.2, 0) is 9.59 Å². The quantitative estimate of drug-likeness (QED) is 0.207. The second kappa shape index (κ2) is 9.44. The van der Waals surface area contributed by atoms with Gasteiger partial charge in [-0.25, -0.2) is 23.1 Å². The predicted molar refractivity (Wildman–Crippen MR) is 108 cm³/mol. The fourth-order valence-corrected chi connectivity index (χ4v) is 3.09. The number of fused-ring (bicyclic) bond motifs is 1. The fourth-order valence-electron chi connectivity index (χ4n) is 3.09. The minimum Gasteiger partial charge on any atom is -0.451 e. The Morgan fingerprint density at radius 1 is 0.946 bits per heavy atom. The van der Waals surface area contributed by atoms with Gasteiger partial charge in [0.15, 0.2) is 17.3 Å². The highest BCUT2D eigenvalue weighted by atomic mass is 19.4. The molecule has 0 fully saturated rings. The van der Waals surface area contributed by atoms with Crippen LogP contribution < -0.4 is 10.1 Å². The number of rotatable bonds is 6. The Bertz CT molecular complexity index is 1530. The summed E-state index contributed by atoms with van der Waals surface area (Å²) >= 11 is 0. The van der Waals surface area contributed by atoms with Crippen molar-refractivity contribution in [2.75, 3.05) is 5.32 Å². The van der Waals surface area contributed by atoms with E-state index in [-0.39, 0.29) is 28.4 Å². The van der Waals surface area contributed by atoms with Gasteiger partial charge in [0.2, 0.25) is 29.1 Å². The fraction of sp³-hybridized carbons (Fsp3) is 0.0952. The molecule has 0 aliphatic rings. The first-order chi connectivity index (χ1) is 17.4. The van der Waals surface area contributed by atoms with Crippen LogP contribution in [-0.4, -0.2) is 38.0 Å². The number of carbonyl (C=O) groups is 2. The van der Waals surface area contributed by atoms with Crippen LogP contribution in [0.4, 0.5) is 40.9 Å². The van der Waals surface area contributed by atoms with Crippen LogP contribution in [0.25, 0.3) is 22.3 Å². The minimum atomic E-state index is -5.24. The van der Waals surface area contributed by atoms with E-state index in [0.29, 0.717) is 6.07 Å². The standard InChI is InChI=1S/C21H9F8N5O3/c22-9-3-7(37-18-15(25)10(23)4-11(24)16(18)26)1-2-8(9)17-14-19(30-6-31-20(14)34-33-17)32-13(36)5-12(35)21(27,28)29/h1-4,6H,5H2,(H2,30,31,32,33,34,36). The van der Waals surface area contributed by atoms with E-state index in [1.165, 1.54) is 0 Å². The summed E-state index contributed by atoms with van der Waals surface area (Å²) in [6.07, 6.45) is -5.89. The van der Waals surface area contributed by atoms with Crippen molar-refractivity contribution in [3.05, 3.63) is 59.7 Å². The Labute approximate surface area is 199 Å². The molecule has 0 saturated heterocycles. The van der Waals surface area contributed by atoms with E-state index < -0.39 is 70.7 Å². The maximum absolute atomic E-state index is 14.9. The van der Waals surface area contributed by atoms with Crippen LogP contribution in [0.2, 0.25) is 0 Å². The Kier molecular flexibility index (Phi) is 6.49. The molecule has 0 aliphatic carbocycles. The van der Waals surface area contributed by atoms with Crippen molar-refractivity contribution in [3.8, 4) is 22.8 Å². The number of ether oxygens (including phenoxy) is 1. The second-order valence-electron chi connectivity index (χ2n) is 7.21. The number of hydrogen-bond donors (Lipinski definition) is 2. The summed E-state index contributed by atoms with van der Waals surface area (Å²) in [6, 6.07) is 2.53. The van der Waals surface area contributed by atoms with Crippen molar-refractivity contribution >= 4 is 28.5 Å². The van der Waals surface area contributed by atoms with E-state index in [0.717, 1.165) is 18.5 Å². The molecule has 0 atom stereocenters. The molecule has 2 N–H and O–H groups in total. The van der Waals surface area contributed by atoms with Crippen molar-refractivity contribution in [3.63, 3.8) is 0 Å². The van der Waals surface area contributed by atoms with Crippen molar-refractivity contribution in [1.82, 2.24) is 20.2 Å². The van der Waals surface area contributed by atoms with Crippen molar-refractivity contribution in [1.29, 1.82) is 0 Å². The van der Waals surface area contributed by atoms with Crippen molar-refractivity contribution in [2.24, 2.45) is 0 Å². The predicted octanol–water partition coefficient (Wildman–Crippen LogP) is 4.97. The Balaban J connectivity index is 1.67. The summed E-state index contributed by atoms with van der Waals surface area (Å²) in [6.45, 7) is 0. The molecule has 2 heterocycles. The molecule has 0 radical (unpaired) electrons. The highest BCUT2D eigenvalue weighted by Crippen LogP contribution is 2.36. The Hall–Kier alpha value is -4.63. The van der Waals surface area contributed by atoms with Crippen LogP contribution in [0, 0.1) is 29.1 Å². The molecule has 0 bridgehead atoms. The largest absolute Gasteiger partial charge is 0.451 e. The van der Waals surface area contributed by atoms with Gasteiger partial charge in [-0.15, -0.1) is 0 Å². The normalized spacial score (nSPS) is 11.6. The van der Waals surface area contributed by atoms with Gasteiger partial charge in [0.1, 0.15) is 23.7 Å². The number of aromatic amines is 1. The van der Waals surface area contributed by atoms with Gasteiger partial charge >= 0.3 is 6.18 Å². The number of alkyl halides is 3. The van der Waals surface area contributed by atoms with Gasteiger partial charge in [0, 0.05) is 17.7 Å². The second-order valence-corrected chi connectivity index (χ2v) is 7.21. The number of anilines is 1. The van der Waals surface area contributed by atoms with Crippen LogP contribution in [0.15, 0.2) is 30.6 Å². The third kappa shape index (κ3) is 5.03. The number of halogens is 8. The molecule has 0 spiro atoms. The van der Waals surface area contributed by atoms with Gasteiger partial charge in [-0.3, -0.25) is 14.7 Å². The topological polar surface area (TPSA) is 110 Å². The van der Waals surface area contributed by atoms with Gasteiger partial charge in [-0.2, -0.15) is 27.1 Å². The molecule has 1 amide bonds. The summed E-state index contributed by atoms with van der Waals surface area (Å²) in [5.74, 6) is -14.5. The summed E-state index contributed by atoms with van der Waals surface area (Å²) in [4.78, 5) is 30.5. The molecule has 8 nitrogen and oxygen atoms in total. The zero-order valence-corrected chi connectivity index (χ0v) is 17.7. The smallest absolute Gasteiger partial charge is 0.450 e. The van der Waals surface area contributed by atoms with E-state index >= 15 is 0 Å². The lowest BCUT2D eigenvalue weighted by molar-refractivity contribution is -0.171. The lowest BCUT2D eigenvalue weighted by atomic mass is 10.1. The van der Waals surface area contributed by atoms with Crippen LogP contribution >= 0.6 is 0 Å². The third-order valence-corrected chi connectivity index (χ3v) is 4.75. The van der Waals surface area contributed by atoms with E-state index in [9.17, 15) is 44.7 Å². The highest BCUT2D eigenvalue weighted by Gasteiger charge is 2.39. The number of nitrogens with one attached hydrogen (secondary N) is 2. The molecule has 4 rings (SSSR count). The van der Waals surface area contributed by atoms with Crippen LogP contribution in [0.3, 0.4) is 0 Å².